The second kappa shape index (κ2) is 8.11. The highest BCUT2D eigenvalue weighted by molar-refractivity contribution is 6.31. The summed E-state index contributed by atoms with van der Waals surface area (Å²) in [6.45, 7) is 0.322. The Balaban J connectivity index is 2.14. The van der Waals surface area contributed by atoms with Crippen LogP contribution in [0.2, 0.25) is 5.02 Å². The number of hydrogen-bond acceptors (Lipinski definition) is 2. The fourth-order valence-corrected chi connectivity index (χ4v) is 3.72. The van der Waals surface area contributed by atoms with Crippen LogP contribution in [0.25, 0.3) is 0 Å². The van der Waals surface area contributed by atoms with Crippen LogP contribution < -0.4 is 5.73 Å². The number of nitrogens with two attached hydrogens (primary N) is 1. The number of hydrogen-bond donors (Lipinski definition) is 2. The smallest absolute Gasteiger partial charge is 0.124 e. The van der Waals surface area contributed by atoms with Crippen molar-refractivity contribution in [3.05, 3.63) is 34.6 Å². The number of aliphatic hydroxyl groups excluding tert-OH is 1. The standard InChI is InChI=1S/C17H25ClFNO/c18-16-10-13(19)8-9-14(16)15(11-20)17(21)12-6-4-2-1-3-5-7-12/h8-10,12,15,17,21H,1-7,11,20H2. The molecular weight excluding hydrogens is 289 g/mol. The summed E-state index contributed by atoms with van der Waals surface area (Å²) in [6, 6.07) is 4.33. The molecule has 1 saturated carbocycles. The second-order valence-electron chi connectivity index (χ2n) is 6.10. The molecule has 1 fully saturated rings. The maximum Gasteiger partial charge on any atom is 0.124 e. The lowest BCUT2D eigenvalue weighted by atomic mass is 9.79. The van der Waals surface area contributed by atoms with Crippen molar-refractivity contribution in [1.82, 2.24) is 0 Å². The molecule has 3 N–H and O–H groups in total. The van der Waals surface area contributed by atoms with Crippen molar-refractivity contribution < 1.29 is 9.50 Å². The van der Waals surface area contributed by atoms with Gasteiger partial charge in [0.2, 0.25) is 0 Å². The van der Waals surface area contributed by atoms with Crippen LogP contribution in [0, 0.1) is 11.7 Å². The minimum atomic E-state index is -0.504. The molecule has 2 atom stereocenters. The quantitative estimate of drug-likeness (QED) is 0.873. The third kappa shape index (κ3) is 4.41. The molecule has 118 valence electrons. The third-order valence-corrected chi connectivity index (χ3v) is 4.99. The molecule has 1 aliphatic carbocycles. The minimum absolute atomic E-state index is 0.220. The van der Waals surface area contributed by atoms with Crippen molar-refractivity contribution in [2.75, 3.05) is 6.54 Å². The zero-order valence-electron chi connectivity index (χ0n) is 12.4. The zero-order valence-corrected chi connectivity index (χ0v) is 13.2. The highest BCUT2D eigenvalue weighted by atomic mass is 35.5. The third-order valence-electron chi connectivity index (χ3n) is 4.66. The molecular formula is C17H25ClFNO. The van der Waals surface area contributed by atoms with E-state index in [0.29, 0.717) is 11.6 Å². The van der Waals surface area contributed by atoms with E-state index >= 15 is 0 Å². The molecule has 2 nitrogen and oxygen atoms in total. The number of benzene rings is 1. The van der Waals surface area contributed by atoms with Gasteiger partial charge in [0, 0.05) is 17.5 Å². The molecule has 21 heavy (non-hydrogen) atoms. The van der Waals surface area contributed by atoms with Gasteiger partial charge >= 0.3 is 0 Å². The molecule has 2 rings (SSSR count). The summed E-state index contributed by atoms with van der Waals surface area (Å²) in [6.07, 6.45) is 7.68. The van der Waals surface area contributed by atoms with Gasteiger partial charge in [-0.05, 0) is 36.5 Å². The van der Waals surface area contributed by atoms with E-state index in [0.717, 1.165) is 31.2 Å². The highest BCUT2D eigenvalue weighted by Crippen LogP contribution is 2.34. The largest absolute Gasteiger partial charge is 0.392 e. The van der Waals surface area contributed by atoms with Crippen molar-refractivity contribution in [2.24, 2.45) is 11.7 Å². The Hall–Kier alpha value is -0.640. The normalized spacial score (nSPS) is 20.6. The molecule has 0 aromatic heterocycles. The monoisotopic (exact) mass is 313 g/mol. The van der Waals surface area contributed by atoms with Crippen LogP contribution in [0.5, 0.6) is 0 Å². The van der Waals surface area contributed by atoms with Gasteiger partial charge in [0.05, 0.1) is 6.10 Å². The van der Waals surface area contributed by atoms with Gasteiger partial charge < -0.3 is 10.8 Å². The maximum absolute atomic E-state index is 13.2. The minimum Gasteiger partial charge on any atom is -0.392 e. The summed E-state index contributed by atoms with van der Waals surface area (Å²) in [5, 5.41) is 11.1. The fraction of sp³-hybridized carbons (Fsp3) is 0.647. The molecule has 0 bridgehead atoms. The Kier molecular flexibility index (Phi) is 6.46. The van der Waals surface area contributed by atoms with Crippen LogP contribution in [0.1, 0.15) is 56.4 Å². The Bertz CT molecular complexity index is 446. The Labute approximate surface area is 131 Å². The summed E-state index contributed by atoms with van der Waals surface area (Å²) < 4.78 is 13.2. The van der Waals surface area contributed by atoms with Gasteiger partial charge in [0.1, 0.15) is 5.82 Å². The van der Waals surface area contributed by atoms with Crippen LogP contribution in [0.4, 0.5) is 4.39 Å². The van der Waals surface area contributed by atoms with Crippen molar-refractivity contribution in [2.45, 2.75) is 57.0 Å². The van der Waals surface area contributed by atoms with Crippen LogP contribution in [-0.4, -0.2) is 17.8 Å². The van der Waals surface area contributed by atoms with Gasteiger partial charge in [-0.2, -0.15) is 0 Å². The number of rotatable bonds is 4. The maximum atomic E-state index is 13.2. The SMILES string of the molecule is NCC(c1ccc(F)cc1Cl)C(O)C1CCCCCCC1. The van der Waals surface area contributed by atoms with Gasteiger partial charge in [-0.25, -0.2) is 4.39 Å². The first-order chi connectivity index (χ1) is 10.1. The molecule has 0 spiro atoms. The second-order valence-corrected chi connectivity index (χ2v) is 6.51. The van der Waals surface area contributed by atoms with E-state index < -0.39 is 6.10 Å². The molecule has 0 aliphatic heterocycles. The summed E-state index contributed by atoms with van der Waals surface area (Å²) >= 11 is 6.14. The molecule has 0 saturated heterocycles. The number of halogens is 2. The van der Waals surface area contributed by atoms with Crippen molar-refractivity contribution >= 4 is 11.6 Å². The highest BCUT2D eigenvalue weighted by Gasteiger charge is 2.29. The summed E-state index contributed by atoms with van der Waals surface area (Å²) in [5.41, 5.74) is 6.64. The van der Waals surface area contributed by atoms with Crippen molar-refractivity contribution in [1.29, 1.82) is 0 Å². The molecule has 2 unspecified atom stereocenters. The lowest BCUT2D eigenvalue weighted by molar-refractivity contribution is 0.0679. The van der Waals surface area contributed by atoms with Gasteiger partial charge in [-0.3, -0.25) is 0 Å². The fourth-order valence-electron chi connectivity index (χ4n) is 3.41. The van der Waals surface area contributed by atoms with E-state index in [9.17, 15) is 9.50 Å². The molecule has 4 heteroatoms. The molecule has 0 amide bonds. The Morgan fingerprint density at radius 3 is 2.38 bits per heavy atom. The predicted molar refractivity (Wildman–Crippen MR) is 85.0 cm³/mol. The van der Waals surface area contributed by atoms with E-state index in [1.165, 1.54) is 31.4 Å². The van der Waals surface area contributed by atoms with E-state index in [4.69, 9.17) is 17.3 Å². The van der Waals surface area contributed by atoms with Gasteiger partial charge in [-0.15, -0.1) is 0 Å². The first-order valence-corrected chi connectivity index (χ1v) is 8.34. The topological polar surface area (TPSA) is 46.2 Å². The average Bonchev–Trinajstić information content (AvgIpc) is 2.41. The van der Waals surface area contributed by atoms with Crippen molar-refractivity contribution in [3.8, 4) is 0 Å². The summed E-state index contributed by atoms with van der Waals surface area (Å²) in [7, 11) is 0. The van der Waals surface area contributed by atoms with Crippen LogP contribution in [0.15, 0.2) is 18.2 Å². The van der Waals surface area contributed by atoms with E-state index in [2.05, 4.69) is 0 Å². The first-order valence-electron chi connectivity index (χ1n) is 7.96. The van der Waals surface area contributed by atoms with E-state index in [-0.39, 0.29) is 17.7 Å². The molecule has 0 radical (unpaired) electrons. The van der Waals surface area contributed by atoms with Crippen LogP contribution in [-0.2, 0) is 0 Å². The number of aliphatic hydroxyl groups is 1. The van der Waals surface area contributed by atoms with Crippen LogP contribution in [0.3, 0.4) is 0 Å². The Morgan fingerprint density at radius 2 is 1.81 bits per heavy atom. The van der Waals surface area contributed by atoms with Crippen LogP contribution >= 0.6 is 11.6 Å². The molecule has 1 aliphatic rings. The van der Waals surface area contributed by atoms with Gasteiger partial charge in [0.25, 0.3) is 0 Å². The van der Waals surface area contributed by atoms with Gasteiger partial charge in [-0.1, -0.05) is 49.8 Å². The van der Waals surface area contributed by atoms with E-state index in [1.54, 1.807) is 6.07 Å². The van der Waals surface area contributed by atoms with E-state index in [1.807, 2.05) is 0 Å². The first kappa shape index (κ1) is 16.7. The lowest BCUT2D eigenvalue weighted by Crippen LogP contribution is -2.33. The summed E-state index contributed by atoms with van der Waals surface area (Å²) in [5.74, 6) is -0.317. The summed E-state index contributed by atoms with van der Waals surface area (Å²) in [4.78, 5) is 0. The van der Waals surface area contributed by atoms with Crippen molar-refractivity contribution in [3.63, 3.8) is 0 Å². The average molecular weight is 314 g/mol. The lowest BCUT2D eigenvalue weighted by Gasteiger charge is -2.31. The zero-order chi connectivity index (χ0) is 15.2. The molecule has 0 heterocycles. The molecule has 1 aromatic rings. The predicted octanol–water partition coefficient (Wildman–Crippen LogP) is 4.24. The van der Waals surface area contributed by atoms with Gasteiger partial charge in [0.15, 0.2) is 0 Å². The molecule has 1 aromatic carbocycles. The Morgan fingerprint density at radius 1 is 1.19 bits per heavy atom.